The zero-order valence-electron chi connectivity index (χ0n) is 20.6. The number of nitriles is 1. The second-order valence-electron chi connectivity index (χ2n) is 9.36. The molecule has 0 aliphatic carbocycles. The van der Waals surface area contributed by atoms with Gasteiger partial charge in [-0.05, 0) is 49.8 Å². The normalized spacial score (nSPS) is 16.7. The van der Waals surface area contributed by atoms with Gasteiger partial charge < -0.3 is 19.5 Å². The topological polar surface area (TPSA) is 97.1 Å². The van der Waals surface area contributed by atoms with Gasteiger partial charge in [0, 0.05) is 45.7 Å². The van der Waals surface area contributed by atoms with Crippen LogP contribution in [0.5, 0.6) is 0 Å². The fourth-order valence-corrected chi connectivity index (χ4v) is 5.64. The van der Waals surface area contributed by atoms with Gasteiger partial charge in [0.05, 0.1) is 28.5 Å². The van der Waals surface area contributed by atoms with Crippen molar-refractivity contribution >= 4 is 41.5 Å². The number of hydrogen-bond donors (Lipinski definition) is 0. The molecule has 0 saturated carbocycles. The average molecular weight is 506 g/mol. The quantitative estimate of drug-likeness (QED) is 0.321. The van der Waals surface area contributed by atoms with Crippen LogP contribution in [0.4, 0.5) is 5.69 Å². The molecule has 36 heavy (non-hydrogen) atoms. The van der Waals surface area contributed by atoms with E-state index in [0.717, 1.165) is 49.1 Å². The molecule has 0 bridgehead atoms. The lowest BCUT2D eigenvalue weighted by Crippen LogP contribution is -2.38. The summed E-state index contributed by atoms with van der Waals surface area (Å²) >= 11 is 1.16. The van der Waals surface area contributed by atoms with Crippen LogP contribution >= 0.6 is 11.3 Å². The molecule has 2 aliphatic heterocycles. The van der Waals surface area contributed by atoms with Crippen molar-refractivity contribution < 1.29 is 14.4 Å². The standard InChI is InChI=1S/C27H31N5O3S/c1-30(17-22-8-4-3-7-21(22)16-28)27(35)25-23(29-19-31-11-5-2-6-12-31)15-24(36-25)26(34)32-13-9-20(18-33)10-14-32/h3-4,7-8,15,18-20H,2,5-6,9-14,17H2,1H3. The summed E-state index contributed by atoms with van der Waals surface area (Å²) in [6, 6.07) is 11.1. The third kappa shape index (κ3) is 6.00. The van der Waals surface area contributed by atoms with E-state index in [9.17, 15) is 19.6 Å². The molecule has 8 nitrogen and oxygen atoms in total. The second-order valence-corrected chi connectivity index (χ2v) is 10.4. The van der Waals surface area contributed by atoms with Crippen LogP contribution in [0.15, 0.2) is 35.3 Å². The molecule has 0 radical (unpaired) electrons. The first-order chi connectivity index (χ1) is 17.5. The molecule has 2 aliphatic rings. The number of aldehydes is 1. The van der Waals surface area contributed by atoms with E-state index in [-0.39, 0.29) is 24.3 Å². The summed E-state index contributed by atoms with van der Waals surface area (Å²) in [6.45, 7) is 3.19. The first-order valence-corrected chi connectivity index (χ1v) is 13.2. The lowest BCUT2D eigenvalue weighted by molar-refractivity contribution is -0.112. The lowest BCUT2D eigenvalue weighted by atomic mass is 9.98. The summed E-state index contributed by atoms with van der Waals surface area (Å²) in [6.07, 6.45) is 7.51. The lowest BCUT2D eigenvalue weighted by Gasteiger charge is -2.29. The van der Waals surface area contributed by atoms with Crippen LogP contribution < -0.4 is 0 Å². The number of aliphatic imine (C=N–C) groups is 1. The smallest absolute Gasteiger partial charge is 0.266 e. The molecular formula is C27H31N5O3S. The Labute approximate surface area is 215 Å². The van der Waals surface area contributed by atoms with Crippen molar-refractivity contribution in [3.05, 3.63) is 51.2 Å². The van der Waals surface area contributed by atoms with Crippen LogP contribution in [0.3, 0.4) is 0 Å². The molecule has 4 rings (SSSR count). The molecule has 0 N–H and O–H groups in total. The number of piperidine rings is 2. The van der Waals surface area contributed by atoms with Gasteiger partial charge in [0.1, 0.15) is 11.2 Å². The van der Waals surface area contributed by atoms with E-state index in [4.69, 9.17) is 0 Å². The largest absolute Gasteiger partial charge is 0.363 e. The number of rotatable bonds is 7. The Hall–Kier alpha value is -3.51. The van der Waals surface area contributed by atoms with Gasteiger partial charge in [0.2, 0.25) is 0 Å². The SMILES string of the molecule is CN(Cc1ccccc1C#N)C(=O)c1sc(C(=O)N2CCC(C=O)CC2)cc1N=CN1CCCCC1. The molecule has 188 valence electrons. The monoisotopic (exact) mass is 505 g/mol. The Morgan fingerprint density at radius 2 is 1.89 bits per heavy atom. The molecular weight excluding hydrogens is 474 g/mol. The van der Waals surface area contributed by atoms with Gasteiger partial charge in [0.25, 0.3) is 11.8 Å². The maximum atomic E-state index is 13.5. The van der Waals surface area contributed by atoms with Crippen molar-refractivity contribution in [1.29, 1.82) is 5.26 Å². The third-order valence-electron chi connectivity index (χ3n) is 6.78. The minimum absolute atomic E-state index is 0.00386. The zero-order valence-corrected chi connectivity index (χ0v) is 21.4. The molecule has 3 heterocycles. The predicted octanol–water partition coefficient (Wildman–Crippen LogP) is 4.09. The van der Waals surface area contributed by atoms with Gasteiger partial charge >= 0.3 is 0 Å². The number of thiophene rings is 1. The highest BCUT2D eigenvalue weighted by Gasteiger charge is 2.28. The van der Waals surface area contributed by atoms with Gasteiger partial charge in [-0.15, -0.1) is 11.3 Å². The zero-order chi connectivity index (χ0) is 25.5. The highest BCUT2D eigenvalue weighted by Crippen LogP contribution is 2.33. The van der Waals surface area contributed by atoms with Gasteiger partial charge in [-0.2, -0.15) is 5.26 Å². The van der Waals surface area contributed by atoms with E-state index in [1.165, 1.54) is 6.42 Å². The highest BCUT2D eigenvalue weighted by molar-refractivity contribution is 7.16. The summed E-state index contributed by atoms with van der Waals surface area (Å²) < 4.78 is 0. The van der Waals surface area contributed by atoms with Crippen LogP contribution in [-0.2, 0) is 11.3 Å². The molecule has 0 unspecified atom stereocenters. The van der Waals surface area contributed by atoms with E-state index >= 15 is 0 Å². The summed E-state index contributed by atoms with van der Waals surface area (Å²) in [7, 11) is 1.69. The maximum absolute atomic E-state index is 13.5. The Balaban J connectivity index is 1.58. The first kappa shape index (κ1) is 25.6. The van der Waals surface area contributed by atoms with Crippen molar-refractivity contribution in [1.82, 2.24) is 14.7 Å². The van der Waals surface area contributed by atoms with Crippen molar-refractivity contribution in [3.63, 3.8) is 0 Å². The van der Waals surface area contributed by atoms with Gasteiger partial charge in [-0.3, -0.25) is 9.59 Å². The molecule has 1 aromatic carbocycles. The van der Waals surface area contributed by atoms with Crippen LogP contribution in [0.25, 0.3) is 0 Å². The molecule has 2 aromatic rings. The fourth-order valence-electron chi connectivity index (χ4n) is 4.58. The summed E-state index contributed by atoms with van der Waals surface area (Å²) in [5.74, 6) is -0.364. The number of carbonyl (C=O) groups is 3. The molecule has 0 atom stereocenters. The molecule has 0 spiro atoms. The minimum Gasteiger partial charge on any atom is -0.363 e. The van der Waals surface area contributed by atoms with E-state index in [1.54, 1.807) is 41.4 Å². The summed E-state index contributed by atoms with van der Waals surface area (Å²) in [5, 5.41) is 9.41. The Bertz CT molecular complexity index is 1170. The van der Waals surface area contributed by atoms with Crippen LogP contribution in [0.1, 0.15) is 62.6 Å². The summed E-state index contributed by atoms with van der Waals surface area (Å²) in [4.78, 5) is 48.8. The third-order valence-corrected chi connectivity index (χ3v) is 7.88. The van der Waals surface area contributed by atoms with E-state index < -0.39 is 0 Å². The number of amides is 2. The van der Waals surface area contributed by atoms with E-state index in [2.05, 4.69) is 16.0 Å². The van der Waals surface area contributed by atoms with Gasteiger partial charge in [-0.25, -0.2) is 4.99 Å². The predicted molar refractivity (Wildman–Crippen MR) is 140 cm³/mol. The number of likely N-dealkylation sites (tertiary alicyclic amines) is 2. The molecule has 2 fully saturated rings. The van der Waals surface area contributed by atoms with Crippen molar-refractivity contribution in [2.24, 2.45) is 10.9 Å². The van der Waals surface area contributed by atoms with Crippen molar-refractivity contribution in [2.45, 2.75) is 38.6 Å². The minimum atomic E-state index is -0.239. The fraction of sp³-hybridized carbons (Fsp3) is 0.444. The van der Waals surface area contributed by atoms with E-state index in [1.807, 2.05) is 12.1 Å². The number of benzene rings is 1. The van der Waals surface area contributed by atoms with E-state index in [0.29, 0.717) is 46.9 Å². The Morgan fingerprint density at radius 1 is 1.17 bits per heavy atom. The van der Waals surface area contributed by atoms with Crippen molar-refractivity contribution in [3.8, 4) is 6.07 Å². The number of carbonyl (C=O) groups excluding carboxylic acids is 3. The van der Waals surface area contributed by atoms with Crippen molar-refractivity contribution in [2.75, 3.05) is 33.2 Å². The second kappa shape index (κ2) is 12.0. The number of nitrogens with zero attached hydrogens (tertiary/aromatic N) is 5. The van der Waals surface area contributed by atoms with Crippen LogP contribution in [-0.4, -0.2) is 72.4 Å². The molecule has 2 amide bonds. The molecule has 1 aromatic heterocycles. The first-order valence-electron chi connectivity index (χ1n) is 12.4. The molecule has 2 saturated heterocycles. The number of hydrogen-bond acceptors (Lipinski definition) is 6. The van der Waals surface area contributed by atoms with Gasteiger partial charge in [0.15, 0.2) is 0 Å². The van der Waals surface area contributed by atoms with Crippen LogP contribution in [0, 0.1) is 17.2 Å². The summed E-state index contributed by atoms with van der Waals surface area (Å²) in [5.41, 5.74) is 1.78. The average Bonchev–Trinajstić information content (AvgIpc) is 3.36. The van der Waals surface area contributed by atoms with Crippen LogP contribution in [0.2, 0.25) is 0 Å². The highest BCUT2D eigenvalue weighted by atomic mass is 32.1. The van der Waals surface area contributed by atoms with Gasteiger partial charge in [-0.1, -0.05) is 18.2 Å². The molecule has 9 heteroatoms. The maximum Gasteiger partial charge on any atom is 0.266 e. The Kier molecular flexibility index (Phi) is 8.49. The Morgan fingerprint density at radius 3 is 2.58 bits per heavy atom.